The minimum atomic E-state index is -0.476. The third kappa shape index (κ3) is 10.1. The Bertz CT molecular complexity index is 1940. The molecule has 3 fully saturated rings. The molecule has 0 amide bonds. The van der Waals surface area contributed by atoms with Gasteiger partial charge >= 0.3 is 21.1 Å². The summed E-state index contributed by atoms with van der Waals surface area (Å²) >= 11 is 3.33. The van der Waals surface area contributed by atoms with Crippen molar-refractivity contribution in [3.05, 3.63) is 123 Å². The minimum absolute atomic E-state index is 0.0486. The molecule has 3 saturated heterocycles. The summed E-state index contributed by atoms with van der Waals surface area (Å²) in [5.41, 5.74) is 2.97. The van der Waals surface area contributed by atoms with E-state index in [0.717, 1.165) is 21.1 Å². The van der Waals surface area contributed by atoms with Crippen molar-refractivity contribution in [1.82, 2.24) is 9.97 Å². The zero-order valence-corrected chi connectivity index (χ0v) is 37.9. The topological polar surface area (TPSA) is 115 Å². The Hall–Kier alpha value is -3.49. The highest BCUT2D eigenvalue weighted by atomic mass is 79.9. The lowest BCUT2D eigenvalue weighted by Gasteiger charge is -2.32. The molecular formula is C44H56B3BrN2O8. The summed E-state index contributed by atoms with van der Waals surface area (Å²) in [7, 11) is -1.37. The first kappa shape index (κ1) is 45.6. The average molecular weight is 853 g/mol. The molecule has 4 aromatic rings. The Kier molecular flexibility index (Phi) is 13.3. The Labute approximate surface area is 354 Å². The van der Waals surface area contributed by atoms with Crippen molar-refractivity contribution in [3.63, 3.8) is 0 Å². The summed E-state index contributed by atoms with van der Waals surface area (Å²) < 4.78 is 36.9. The zero-order chi connectivity index (χ0) is 43.1. The van der Waals surface area contributed by atoms with Crippen LogP contribution in [0.2, 0.25) is 0 Å². The van der Waals surface area contributed by atoms with Gasteiger partial charge in [0.25, 0.3) is 0 Å². The molecule has 0 aliphatic carbocycles. The number of halogens is 1. The Morgan fingerprint density at radius 2 is 0.776 bits per heavy atom. The van der Waals surface area contributed by atoms with E-state index in [1.807, 2.05) is 133 Å². The van der Waals surface area contributed by atoms with Crippen LogP contribution < -0.4 is 5.46 Å². The van der Waals surface area contributed by atoms with Crippen molar-refractivity contribution >= 4 is 54.1 Å². The molecule has 2 aromatic carbocycles. The average Bonchev–Trinajstić information content (AvgIpc) is 3.62. The van der Waals surface area contributed by atoms with Gasteiger partial charge in [-0.2, -0.15) is 0 Å². The number of rotatable bonds is 6. The van der Waals surface area contributed by atoms with Crippen LogP contribution in [0.3, 0.4) is 0 Å². The first-order valence-corrected chi connectivity index (χ1v) is 20.4. The third-order valence-electron chi connectivity index (χ3n) is 11.9. The zero-order valence-electron chi connectivity index (χ0n) is 36.4. The number of nitrogens with zero attached hydrogens (tertiary/aromatic N) is 2. The molecule has 5 heterocycles. The summed E-state index contributed by atoms with van der Waals surface area (Å²) in [6, 6.07) is 21.9. The second kappa shape index (κ2) is 16.9. The summed E-state index contributed by atoms with van der Waals surface area (Å²) in [6.45, 7) is 28.2. The van der Waals surface area contributed by atoms with E-state index in [1.54, 1.807) is 48.8 Å². The maximum Gasteiger partial charge on any atom is 0.494 e. The van der Waals surface area contributed by atoms with Gasteiger partial charge in [0.15, 0.2) is 0 Å². The number of hydrogen-bond donors (Lipinski definition) is 0. The highest BCUT2D eigenvalue weighted by Crippen LogP contribution is 2.43. The van der Waals surface area contributed by atoms with E-state index >= 15 is 0 Å². The van der Waals surface area contributed by atoms with E-state index in [2.05, 4.69) is 25.9 Å². The molecule has 0 saturated carbocycles. The van der Waals surface area contributed by atoms with Gasteiger partial charge in [0.2, 0.25) is 11.6 Å². The molecule has 14 heteroatoms. The van der Waals surface area contributed by atoms with Crippen molar-refractivity contribution in [2.45, 2.75) is 131 Å². The number of hydrogen-bond acceptors (Lipinski definition) is 10. The molecule has 306 valence electrons. The monoisotopic (exact) mass is 852 g/mol. The summed E-state index contributed by atoms with van der Waals surface area (Å²) in [6.07, 6.45) is 3.40. The maximum absolute atomic E-state index is 12.5. The Balaban J connectivity index is 0.000000170. The first-order chi connectivity index (χ1) is 26.7. The van der Waals surface area contributed by atoms with Crippen LogP contribution in [0.1, 0.15) is 126 Å². The quantitative estimate of drug-likeness (QED) is 0.138. The van der Waals surface area contributed by atoms with E-state index in [0.29, 0.717) is 22.5 Å². The molecule has 0 unspecified atom stereocenters. The molecule has 0 N–H and O–H groups in total. The lowest BCUT2D eigenvalue weighted by atomic mass is 9.49. The van der Waals surface area contributed by atoms with E-state index in [-0.39, 0.29) is 45.2 Å². The minimum Gasteiger partial charge on any atom is -0.405 e. The van der Waals surface area contributed by atoms with Gasteiger partial charge in [-0.3, -0.25) is 19.6 Å². The third-order valence-corrected chi connectivity index (χ3v) is 12.4. The predicted molar refractivity (Wildman–Crippen MR) is 233 cm³/mol. The van der Waals surface area contributed by atoms with Crippen LogP contribution in [0.25, 0.3) is 0 Å². The molecule has 7 rings (SSSR count). The number of ketones is 2. The summed E-state index contributed by atoms with van der Waals surface area (Å²) in [5, 5.41) is 0. The smallest absolute Gasteiger partial charge is 0.405 e. The van der Waals surface area contributed by atoms with Crippen LogP contribution in [0.5, 0.6) is 0 Å². The highest BCUT2D eigenvalue weighted by Gasteiger charge is 2.63. The molecule has 3 aliphatic heterocycles. The number of benzene rings is 2. The molecule has 0 radical (unpaired) electrons. The van der Waals surface area contributed by atoms with E-state index in [9.17, 15) is 9.59 Å². The van der Waals surface area contributed by atoms with Gasteiger partial charge in [0, 0.05) is 28.0 Å². The van der Waals surface area contributed by atoms with Crippen LogP contribution in [0.15, 0.2) is 89.7 Å². The number of carbonyl (C=O) groups is 2. The summed E-state index contributed by atoms with van der Waals surface area (Å²) in [4.78, 5) is 32.8. The van der Waals surface area contributed by atoms with Crippen LogP contribution in [-0.4, -0.2) is 76.3 Å². The van der Waals surface area contributed by atoms with E-state index in [4.69, 9.17) is 27.9 Å². The standard InChI is InChI=1S/C19H22BNO3.C13H10BrNO.C12H24B2O4/c1-13-6-11-16(21-12-13)17(22)14-7-9-15(10-8-14)20-23-18(2,3)19(4,5)24-20;1-9-2-7-12(15-8-9)13(16)10-3-5-11(14)6-4-10;1-9(2)10(3,4)16-13(15-9)14-17-11(5,6)12(7,8)18-14/h6-12H,1-5H3;2-8H,1H3;1-8H3. The normalized spacial score (nSPS) is 20.4. The van der Waals surface area contributed by atoms with E-state index < -0.39 is 21.1 Å². The number of aromatic nitrogens is 2. The Morgan fingerprint density at radius 1 is 0.466 bits per heavy atom. The second-order valence-corrected chi connectivity index (χ2v) is 19.0. The lowest BCUT2D eigenvalue weighted by molar-refractivity contribution is 0.00578. The van der Waals surface area contributed by atoms with Gasteiger partial charge in [-0.1, -0.05) is 52.3 Å². The van der Waals surface area contributed by atoms with Gasteiger partial charge in [-0.25, -0.2) is 0 Å². The number of carbonyl (C=O) groups excluding carboxylic acids is 2. The van der Waals surface area contributed by atoms with Gasteiger partial charge < -0.3 is 27.9 Å². The second-order valence-electron chi connectivity index (χ2n) is 18.1. The van der Waals surface area contributed by atoms with Crippen molar-refractivity contribution < 1.29 is 37.5 Å². The molecule has 0 spiro atoms. The van der Waals surface area contributed by atoms with E-state index in [1.165, 1.54) is 0 Å². The maximum atomic E-state index is 12.5. The largest absolute Gasteiger partial charge is 0.494 e. The Morgan fingerprint density at radius 3 is 1.09 bits per heavy atom. The fraction of sp³-hybridized carbons (Fsp3) is 0.455. The fourth-order valence-corrected chi connectivity index (χ4v) is 6.14. The van der Waals surface area contributed by atoms with Crippen LogP contribution >= 0.6 is 15.9 Å². The summed E-state index contributed by atoms with van der Waals surface area (Å²) in [5.74, 6) is -0.136. The van der Waals surface area contributed by atoms with Gasteiger partial charge in [0.05, 0.1) is 33.6 Å². The highest BCUT2D eigenvalue weighted by molar-refractivity contribution is 9.10. The van der Waals surface area contributed by atoms with Crippen LogP contribution in [0.4, 0.5) is 0 Å². The number of pyridine rings is 2. The van der Waals surface area contributed by atoms with Crippen molar-refractivity contribution in [1.29, 1.82) is 0 Å². The van der Waals surface area contributed by atoms with Gasteiger partial charge in [-0.15, -0.1) is 0 Å². The van der Waals surface area contributed by atoms with Crippen LogP contribution in [-0.2, 0) is 27.9 Å². The fourth-order valence-electron chi connectivity index (χ4n) is 5.87. The molecular weight excluding hydrogens is 797 g/mol. The molecule has 0 bridgehead atoms. The SMILES string of the molecule is CC1(C)OB(B2OC(C)(C)C(C)(C)O2)OC1(C)C.Cc1ccc(C(=O)c2ccc(B3OC(C)(C)C(C)(C)O3)cc2)nc1.Cc1ccc(C(=O)c2ccc(Br)cc2)nc1. The number of aryl methyl sites for hydroxylation is 2. The molecule has 3 aliphatic rings. The van der Waals surface area contributed by atoms with Crippen molar-refractivity contribution in [2.24, 2.45) is 0 Å². The first-order valence-electron chi connectivity index (χ1n) is 19.6. The predicted octanol–water partition coefficient (Wildman–Crippen LogP) is 8.55. The molecule has 58 heavy (non-hydrogen) atoms. The van der Waals surface area contributed by atoms with Crippen molar-refractivity contribution in [3.8, 4) is 0 Å². The molecule has 0 atom stereocenters. The van der Waals surface area contributed by atoms with Gasteiger partial charge in [-0.05, 0) is 150 Å². The van der Waals surface area contributed by atoms with Gasteiger partial charge in [0.1, 0.15) is 11.4 Å². The van der Waals surface area contributed by atoms with Crippen LogP contribution in [0, 0.1) is 13.8 Å². The molecule has 2 aromatic heterocycles. The lowest BCUT2D eigenvalue weighted by Crippen LogP contribution is -2.41. The molecule has 10 nitrogen and oxygen atoms in total. The van der Waals surface area contributed by atoms with Crippen molar-refractivity contribution in [2.75, 3.05) is 0 Å².